The second-order valence-corrected chi connectivity index (χ2v) is 26.5. The van der Waals surface area contributed by atoms with Gasteiger partial charge in [-0.1, -0.05) is 119 Å². The third-order valence-electron chi connectivity index (χ3n) is 12.4. The molecule has 0 saturated heterocycles. The zero-order valence-corrected chi connectivity index (χ0v) is 40.5. The van der Waals surface area contributed by atoms with Gasteiger partial charge in [0.15, 0.2) is 0 Å². The van der Waals surface area contributed by atoms with Crippen molar-refractivity contribution in [3.63, 3.8) is 0 Å². The van der Waals surface area contributed by atoms with Crippen molar-refractivity contribution >= 4 is 62.9 Å². The molecule has 2 aliphatic carbocycles. The Balaban J connectivity index is 0.000000155. The Labute approximate surface area is 352 Å². The van der Waals surface area contributed by atoms with Crippen molar-refractivity contribution in [3.05, 3.63) is 85.8 Å². The molecule has 0 unspecified atom stereocenters. The van der Waals surface area contributed by atoms with E-state index >= 15 is 0 Å². The van der Waals surface area contributed by atoms with Crippen LogP contribution in [0.25, 0.3) is 0 Å². The standard InChI is InChI=1S/C19H27NSi.C14H18BrN.C12H14BrNO.C3H8/c1-18(2)14-19(10-11-19)20(3)17-8-7-15(13-16(17)18)9-12-21(4,5)6;1-13(2)9-14(6-7-14)16(3)12-5-4-10(15)8-11(12)13;1-12(2)7-11(15)14(3)10-5-4-8(13)6-9(10)12;1-3-2/h7-8,13H,10-11,14H2,1-6H3;4-5,8H,6-7,9H2,1-3H3;4-6H,7H2,1-3H3;3H2,1-2H3. The molecule has 8 rings (SSSR count). The normalized spacial score (nSPS) is 20.8. The van der Waals surface area contributed by atoms with Gasteiger partial charge < -0.3 is 14.7 Å². The molecule has 0 aromatic heterocycles. The van der Waals surface area contributed by atoms with E-state index in [1.54, 1.807) is 4.90 Å². The van der Waals surface area contributed by atoms with Crippen LogP contribution in [0, 0.1) is 11.5 Å². The smallest absolute Gasteiger partial charge is 0.227 e. The predicted molar refractivity (Wildman–Crippen MR) is 248 cm³/mol. The largest absolute Gasteiger partial charge is 0.369 e. The molecule has 0 atom stereocenters. The van der Waals surface area contributed by atoms with Gasteiger partial charge in [-0.2, -0.15) is 0 Å². The van der Waals surface area contributed by atoms with Gasteiger partial charge in [-0.25, -0.2) is 0 Å². The Morgan fingerprint density at radius 1 is 0.636 bits per heavy atom. The summed E-state index contributed by atoms with van der Waals surface area (Å²) in [6.45, 7) is 24.9. The highest BCUT2D eigenvalue weighted by Crippen LogP contribution is 2.58. The maximum Gasteiger partial charge on any atom is 0.227 e. The molecule has 2 fully saturated rings. The minimum Gasteiger partial charge on any atom is -0.369 e. The molecule has 0 radical (unpaired) electrons. The van der Waals surface area contributed by atoms with Crippen molar-refractivity contribution in [1.82, 2.24) is 0 Å². The average Bonchev–Trinajstić information content (AvgIpc) is 4.03. The molecular formula is C48H67Br2N3OSi. The summed E-state index contributed by atoms with van der Waals surface area (Å²) in [7, 11) is 5.06. The molecule has 4 nitrogen and oxygen atoms in total. The third-order valence-corrected chi connectivity index (χ3v) is 14.2. The zero-order chi connectivity index (χ0) is 40.9. The monoisotopic (exact) mass is 887 g/mol. The Kier molecular flexibility index (Phi) is 12.4. The highest BCUT2D eigenvalue weighted by molar-refractivity contribution is 9.10. The number of halogens is 2. The Hall–Kier alpha value is -2.53. The molecule has 0 N–H and O–H groups in total. The van der Waals surface area contributed by atoms with Crippen LogP contribution in [0.15, 0.2) is 63.5 Å². The molecule has 298 valence electrons. The van der Waals surface area contributed by atoms with Crippen LogP contribution in [0.4, 0.5) is 17.1 Å². The molecule has 3 heterocycles. The summed E-state index contributed by atoms with van der Waals surface area (Å²) in [5.74, 6) is 3.61. The first-order valence-corrected chi connectivity index (χ1v) is 25.5. The number of benzene rings is 3. The first-order chi connectivity index (χ1) is 25.4. The predicted octanol–water partition coefficient (Wildman–Crippen LogP) is 13.2. The van der Waals surface area contributed by atoms with E-state index in [1.807, 2.05) is 19.2 Å². The molecule has 2 saturated carbocycles. The highest BCUT2D eigenvalue weighted by Gasteiger charge is 2.55. The number of anilines is 3. The van der Waals surface area contributed by atoms with E-state index in [9.17, 15) is 4.79 Å². The summed E-state index contributed by atoms with van der Waals surface area (Å²) >= 11 is 7.06. The van der Waals surface area contributed by atoms with Crippen LogP contribution >= 0.6 is 31.9 Å². The van der Waals surface area contributed by atoms with E-state index in [-0.39, 0.29) is 16.7 Å². The van der Waals surface area contributed by atoms with Crippen molar-refractivity contribution in [1.29, 1.82) is 0 Å². The van der Waals surface area contributed by atoms with Crippen LogP contribution in [-0.2, 0) is 21.0 Å². The minimum absolute atomic E-state index is 0.0668. The minimum atomic E-state index is -1.31. The van der Waals surface area contributed by atoms with Crippen molar-refractivity contribution in [3.8, 4) is 11.5 Å². The summed E-state index contributed by atoms with van der Waals surface area (Å²) in [4.78, 5) is 18.6. The van der Waals surface area contributed by atoms with Gasteiger partial charge in [-0.15, -0.1) is 5.54 Å². The maximum atomic E-state index is 11.8. The quantitative estimate of drug-likeness (QED) is 0.166. The van der Waals surface area contributed by atoms with Crippen LogP contribution in [-0.4, -0.2) is 46.2 Å². The van der Waals surface area contributed by atoms with Crippen LogP contribution in [0.1, 0.15) is 129 Å². The van der Waals surface area contributed by atoms with Crippen LogP contribution in [0.5, 0.6) is 0 Å². The molecule has 2 spiro atoms. The fourth-order valence-corrected chi connectivity index (χ4v) is 10.3. The molecule has 3 aromatic rings. The molecule has 3 aliphatic heterocycles. The third kappa shape index (κ3) is 9.45. The van der Waals surface area contributed by atoms with Gasteiger partial charge in [0.2, 0.25) is 5.91 Å². The average molecular weight is 890 g/mol. The zero-order valence-electron chi connectivity index (χ0n) is 36.4. The lowest BCUT2D eigenvalue weighted by molar-refractivity contribution is -0.119. The first-order valence-electron chi connectivity index (χ1n) is 20.4. The summed E-state index contributed by atoms with van der Waals surface area (Å²) in [5, 5.41) is 0. The molecule has 3 aromatic carbocycles. The van der Waals surface area contributed by atoms with Gasteiger partial charge in [0.05, 0.1) is 0 Å². The molecule has 55 heavy (non-hydrogen) atoms. The van der Waals surface area contributed by atoms with Gasteiger partial charge in [-0.3, -0.25) is 4.79 Å². The summed E-state index contributed by atoms with van der Waals surface area (Å²) in [6.07, 6.45) is 9.82. The molecule has 0 bridgehead atoms. The molecule has 5 aliphatic rings. The van der Waals surface area contributed by atoms with Crippen molar-refractivity contribution < 1.29 is 4.79 Å². The first kappa shape index (κ1) is 43.6. The number of fused-ring (bicyclic) bond motifs is 3. The second-order valence-electron chi connectivity index (χ2n) is 20.0. The summed E-state index contributed by atoms with van der Waals surface area (Å²) in [5.41, 5.74) is 14.2. The van der Waals surface area contributed by atoms with Crippen LogP contribution in [0.3, 0.4) is 0 Å². The summed E-state index contributed by atoms with van der Waals surface area (Å²) in [6, 6.07) is 19.6. The van der Waals surface area contributed by atoms with Gasteiger partial charge >= 0.3 is 0 Å². The number of hydrogen-bond acceptors (Lipinski definition) is 3. The number of amides is 1. The number of carbonyl (C=O) groups is 1. The van der Waals surface area contributed by atoms with E-state index in [1.165, 1.54) is 83.0 Å². The van der Waals surface area contributed by atoms with E-state index in [2.05, 4.69) is 185 Å². The van der Waals surface area contributed by atoms with E-state index in [0.717, 1.165) is 10.2 Å². The second kappa shape index (κ2) is 15.7. The van der Waals surface area contributed by atoms with Gasteiger partial charge in [0, 0.05) is 75.6 Å². The van der Waals surface area contributed by atoms with Gasteiger partial charge in [0.25, 0.3) is 0 Å². The van der Waals surface area contributed by atoms with E-state index in [4.69, 9.17) is 0 Å². The van der Waals surface area contributed by atoms with Gasteiger partial charge in [0.1, 0.15) is 8.07 Å². The molecule has 1 amide bonds. The van der Waals surface area contributed by atoms with Crippen molar-refractivity contribution in [2.45, 2.75) is 154 Å². The highest BCUT2D eigenvalue weighted by atomic mass is 79.9. The SMILES string of the molecule is CCC.CN1C(=O)CC(C)(C)c2cc(Br)ccc21.CN1c2ccc(Br)cc2C(C)(C)CC12CC2.CN1c2ccc(C#C[Si](C)(C)C)cc2C(C)(C)CC12CC2. The van der Waals surface area contributed by atoms with Crippen LogP contribution in [0.2, 0.25) is 19.6 Å². The van der Waals surface area contributed by atoms with Gasteiger partial charge in [-0.05, 0) is 121 Å². The molecular weight excluding hydrogens is 822 g/mol. The Bertz CT molecular complexity index is 1970. The Morgan fingerprint density at radius 3 is 1.47 bits per heavy atom. The number of carbonyl (C=O) groups excluding carboxylic acids is 1. The lowest BCUT2D eigenvalue weighted by atomic mass is 9.73. The Morgan fingerprint density at radius 2 is 1.04 bits per heavy atom. The lowest BCUT2D eigenvalue weighted by Gasteiger charge is -2.45. The van der Waals surface area contributed by atoms with Crippen molar-refractivity contribution in [2.75, 3.05) is 35.8 Å². The summed E-state index contributed by atoms with van der Waals surface area (Å²) < 4.78 is 2.26. The fourth-order valence-electron chi connectivity index (χ4n) is 9.02. The topological polar surface area (TPSA) is 26.8 Å². The van der Waals surface area contributed by atoms with Crippen molar-refractivity contribution in [2.24, 2.45) is 0 Å². The lowest BCUT2D eigenvalue weighted by Crippen LogP contribution is -2.45. The number of nitrogens with zero attached hydrogens (tertiary/aromatic N) is 3. The fraction of sp³-hybridized carbons (Fsp3) is 0.562. The van der Waals surface area contributed by atoms with E-state index in [0.29, 0.717) is 22.9 Å². The number of rotatable bonds is 0. The molecule has 7 heteroatoms. The van der Waals surface area contributed by atoms with Crippen LogP contribution < -0.4 is 14.7 Å². The number of hydrogen-bond donors (Lipinski definition) is 0. The van der Waals surface area contributed by atoms with E-state index < -0.39 is 8.07 Å². The maximum absolute atomic E-state index is 11.8.